The van der Waals surface area contributed by atoms with Crippen LogP contribution in [0.4, 0.5) is 10.5 Å². The van der Waals surface area contributed by atoms with E-state index in [-0.39, 0.29) is 18.0 Å². The Balaban J connectivity index is 1.56. The monoisotopic (exact) mass is 464 g/mol. The van der Waals surface area contributed by atoms with Gasteiger partial charge in [0.15, 0.2) is 0 Å². The Bertz CT molecular complexity index is 1050. The Kier molecular flexibility index (Phi) is 8.60. The molecule has 33 heavy (non-hydrogen) atoms. The summed E-state index contributed by atoms with van der Waals surface area (Å²) in [5, 5.41) is 8.35. The lowest BCUT2D eigenvalue weighted by atomic mass is 10.0. The maximum Gasteiger partial charge on any atom is 0.322 e. The molecule has 0 radical (unpaired) electrons. The quantitative estimate of drug-likeness (QED) is 0.428. The summed E-state index contributed by atoms with van der Waals surface area (Å²) < 4.78 is 0. The van der Waals surface area contributed by atoms with Gasteiger partial charge in [-0.05, 0) is 49.4 Å². The molecule has 0 unspecified atom stereocenters. The van der Waals surface area contributed by atoms with Crippen LogP contribution >= 0.6 is 11.3 Å². The number of aromatic nitrogens is 1. The van der Waals surface area contributed by atoms with Crippen molar-refractivity contribution in [3.05, 3.63) is 81.8 Å². The zero-order valence-electron chi connectivity index (χ0n) is 19.7. The number of anilines is 1. The van der Waals surface area contributed by atoms with Crippen LogP contribution in [-0.2, 0) is 13.0 Å². The molecule has 0 spiro atoms. The molecule has 0 atom stereocenters. The molecule has 3 aromatic rings. The molecule has 0 bridgehead atoms. The Morgan fingerprint density at radius 1 is 1.00 bits per heavy atom. The average Bonchev–Trinajstić information content (AvgIpc) is 3.27. The minimum atomic E-state index is -0.195. The van der Waals surface area contributed by atoms with E-state index in [1.165, 1.54) is 22.5 Å². The van der Waals surface area contributed by atoms with Crippen LogP contribution in [-0.4, -0.2) is 34.4 Å². The van der Waals surface area contributed by atoms with Crippen molar-refractivity contribution in [3.8, 4) is 0 Å². The highest BCUT2D eigenvalue weighted by Gasteiger charge is 2.20. The van der Waals surface area contributed by atoms with Crippen LogP contribution in [0.25, 0.3) is 0 Å². The molecule has 1 heterocycles. The summed E-state index contributed by atoms with van der Waals surface area (Å²) in [7, 11) is 0. The number of carbonyl (C=O) groups excluding carboxylic acids is 2. The number of hydrogen-bond donors (Lipinski definition) is 2. The standard InChI is InChI=1S/C26H32N4O2S/c1-18(2)21-10-12-22(13-11-21)28-26(32)30(19(3)4)16-24-29-23(17-33-24)25(31)27-15-14-20-8-6-5-7-9-20/h5-13,17-19H,14-16H2,1-4H3,(H,27,31)(H,28,32). The summed E-state index contributed by atoms with van der Waals surface area (Å²) in [5.41, 5.74) is 3.55. The predicted octanol–water partition coefficient (Wildman–Crippen LogP) is 5.68. The third-order valence-electron chi connectivity index (χ3n) is 5.34. The number of nitrogens with one attached hydrogen (secondary N) is 2. The topological polar surface area (TPSA) is 74.3 Å². The molecule has 3 amide bonds. The van der Waals surface area contributed by atoms with Crippen LogP contribution in [0, 0.1) is 0 Å². The van der Waals surface area contributed by atoms with Crippen molar-refractivity contribution < 1.29 is 9.59 Å². The largest absolute Gasteiger partial charge is 0.350 e. The van der Waals surface area contributed by atoms with E-state index in [9.17, 15) is 9.59 Å². The van der Waals surface area contributed by atoms with E-state index in [1.807, 2.05) is 68.4 Å². The van der Waals surface area contributed by atoms with Gasteiger partial charge in [0.05, 0.1) is 6.54 Å². The second kappa shape index (κ2) is 11.6. The maximum absolute atomic E-state index is 12.9. The maximum atomic E-state index is 12.9. The molecule has 0 aliphatic heterocycles. The normalized spacial score (nSPS) is 11.0. The lowest BCUT2D eigenvalue weighted by molar-refractivity contribution is 0.0949. The molecule has 3 rings (SSSR count). The summed E-state index contributed by atoms with van der Waals surface area (Å²) in [6.45, 7) is 9.10. The average molecular weight is 465 g/mol. The second-order valence-corrected chi connectivity index (χ2v) is 9.49. The van der Waals surface area contributed by atoms with Gasteiger partial charge in [0.2, 0.25) is 0 Å². The third-order valence-corrected chi connectivity index (χ3v) is 6.18. The SMILES string of the molecule is CC(C)c1ccc(NC(=O)N(Cc2nc(C(=O)NCCc3ccccc3)cs2)C(C)C)cc1. The first-order chi connectivity index (χ1) is 15.8. The number of amides is 3. The molecular weight excluding hydrogens is 432 g/mol. The Morgan fingerprint density at radius 2 is 1.70 bits per heavy atom. The Morgan fingerprint density at radius 3 is 2.33 bits per heavy atom. The molecule has 0 saturated heterocycles. The molecule has 6 nitrogen and oxygen atoms in total. The highest BCUT2D eigenvalue weighted by Crippen LogP contribution is 2.19. The number of thiazole rings is 1. The van der Waals surface area contributed by atoms with Crippen molar-refractivity contribution in [1.29, 1.82) is 0 Å². The van der Waals surface area contributed by atoms with Crippen LogP contribution in [0.3, 0.4) is 0 Å². The summed E-state index contributed by atoms with van der Waals surface area (Å²) in [4.78, 5) is 31.5. The fourth-order valence-electron chi connectivity index (χ4n) is 3.32. The Labute approximate surface area is 200 Å². The first kappa shape index (κ1) is 24.5. The van der Waals surface area contributed by atoms with Crippen LogP contribution in [0.1, 0.15) is 60.2 Å². The highest BCUT2D eigenvalue weighted by molar-refractivity contribution is 7.09. The molecule has 174 valence electrons. The molecule has 2 aromatic carbocycles. The van der Waals surface area contributed by atoms with Gasteiger partial charge in [-0.2, -0.15) is 0 Å². The van der Waals surface area contributed by atoms with Gasteiger partial charge in [0.1, 0.15) is 10.7 Å². The van der Waals surface area contributed by atoms with Crippen molar-refractivity contribution in [2.24, 2.45) is 0 Å². The van der Waals surface area contributed by atoms with E-state index in [1.54, 1.807) is 10.3 Å². The zero-order chi connectivity index (χ0) is 23.8. The summed E-state index contributed by atoms with van der Waals surface area (Å²) in [5.74, 6) is 0.246. The number of hydrogen-bond acceptors (Lipinski definition) is 4. The van der Waals surface area contributed by atoms with Crippen LogP contribution in [0.5, 0.6) is 0 Å². The van der Waals surface area contributed by atoms with E-state index in [2.05, 4.69) is 29.5 Å². The minimum absolute atomic E-state index is 0.0213. The first-order valence-electron chi connectivity index (χ1n) is 11.3. The fraction of sp³-hybridized carbons (Fsp3) is 0.346. The van der Waals surface area contributed by atoms with Crippen LogP contribution < -0.4 is 10.6 Å². The van der Waals surface area contributed by atoms with Gasteiger partial charge in [0.25, 0.3) is 5.91 Å². The lowest BCUT2D eigenvalue weighted by Crippen LogP contribution is -2.39. The van der Waals surface area contributed by atoms with Gasteiger partial charge >= 0.3 is 6.03 Å². The van der Waals surface area contributed by atoms with Gasteiger partial charge in [-0.15, -0.1) is 11.3 Å². The number of carbonyl (C=O) groups is 2. The molecule has 1 aromatic heterocycles. The number of benzene rings is 2. The van der Waals surface area contributed by atoms with Gasteiger partial charge in [-0.25, -0.2) is 9.78 Å². The van der Waals surface area contributed by atoms with Crippen molar-refractivity contribution in [1.82, 2.24) is 15.2 Å². The van der Waals surface area contributed by atoms with E-state index < -0.39 is 0 Å². The van der Waals surface area contributed by atoms with Crippen molar-refractivity contribution in [2.75, 3.05) is 11.9 Å². The molecule has 0 aliphatic carbocycles. The van der Waals surface area contributed by atoms with Crippen molar-refractivity contribution in [3.63, 3.8) is 0 Å². The van der Waals surface area contributed by atoms with Crippen LogP contribution in [0.15, 0.2) is 60.0 Å². The number of rotatable bonds is 9. The van der Waals surface area contributed by atoms with Gasteiger partial charge in [0, 0.05) is 23.7 Å². The van der Waals surface area contributed by atoms with E-state index in [4.69, 9.17) is 0 Å². The second-order valence-electron chi connectivity index (χ2n) is 8.55. The first-order valence-corrected chi connectivity index (χ1v) is 12.2. The van der Waals surface area contributed by atoms with E-state index in [0.717, 1.165) is 17.1 Å². The van der Waals surface area contributed by atoms with E-state index in [0.29, 0.717) is 24.7 Å². The highest BCUT2D eigenvalue weighted by atomic mass is 32.1. The Hall–Kier alpha value is -3.19. The predicted molar refractivity (Wildman–Crippen MR) is 135 cm³/mol. The van der Waals surface area contributed by atoms with Crippen molar-refractivity contribution in [2.45, 2.75) is 52.6 Å². The molecule has 0 fully saturated rings. The molecule has 0 saturated carbocycles. The fourth-order valence-corrected chi connectivity index (χ4v) is 4.10. The minimum Gasteiger partial charge on any atom is -0.350 e. The van der Waals surface area contributed by atoms with Crippen LogP contribution in [0.2, 0.25) is 0 Å². The molecular formula is C26H32N4O2S. The summed E-state index contributed by atoms with van der Waals surface area (Å²) in [6, 6.07) is 17.7. The molecule has 2 N–H and O–H groups in total. The summed E-state index contributed by atoms with van der Waals surface area (Å²) in [6.07, 6.45) is 0.767. The van der Waals surface area contributed by atoms with Gasteiger partial charge < -0.3 is 15.5 Å². The summed E-state index contributed by atoms with van der Waals surface area (Å²) >= 11 is 1.39. The van der Waals surface area contributed by atoms with Crippen molar-refractivity contribution >= 4 is 29.0 Å². The van der Waals surface area contributed by atoms with Gasteiger partial charge in [-0.3, -0.25) is 4.79 Å². The number of nitrogens with zero attached hydrogens (tertiary/aromatic N) is 2. The zero-order valence-corrected chi connectivity index (χ0v) is 20.5. The third kappa shape index (κ3) is 7.15. The van der Waals surface area contributed by atoms with E-state index >= 15 is 0 Å². The molecule has 0 aliphatic rings. The smallest absolute Gasteiger partial charge is 0.322 e. The number of urea groups is 1. The lowest BCUT2D eigenvalue weighted by Gasteiger charge is -2.26. The van der Waals surface area contributed by atoms with Gasteiger partial charge in [-0.1, -0.05) is 56.3 Å². The molecule has 7 heteroatoms.